The summed E-state index contributed by atoms with van der Waals surface area (Å²) in [5.74, 6) is -0.452. The van der Waals surface area contributed by atoms with Crippen LogP contribution in [0.15, 0.2) is 0 Å². The Morgan fingerprint density at radius 1 is 1.38 bits per heavy atom. The lowest BCUT2D eigenvalue weighted by Gasteiger charge is -2.11. The number of methoxy groups -OCH3 is 1. The molecule has 0 aromatic heterocycles. The summed E-state index contributed by atoms with van der Waals surface area (Å²) in [6.07, 6.45) is 0.370. The van der Waals surface area contributed by atoms with Crippen LogP contribution in [-0.2, 0) is 24.1 Å². The Morgan fingerprint density at radius 2 is 2.00 bits per heavy atom. The van der Waals surface area contributed by atoms with Gasteiger partial charge in [0.2, 0.25) is 0 Å². The molecule has 0 aromatic carbocycles. The third-order valence-electron chi connectivity index (χ3n) is 2.22. The van der Waals surface area contributed by atoms with Crippen molar-refractivity contribution in [1.29, 1.82) is 0 Å². The zero-order valence-corrected chi connectivity index (χ0v) is 10.9. The van der Waals surface area contributed by atoms with Crippen molar-refractivity contribution in [3.05, 3.63) is 0 Å². The number of hydrogen-bond acceptors (Lipinski definition) is 5. The van der Waals surface area contributed by atoms with Gasteiger partial charge in [0.1, 0.15) is 0 Å². The highest BCUT2D eigenvalue weighted by molar-refractivity contribution is 7.92. The molecule has 0 saturated heterocycles. The van der Waals surface area contributed by atoms with Gasteiger partial charge in [-0.2, -0.15) is 0 Å². The van der Waals surface area contributed by atoms with Crippen LogP contribution < -0.4 is 0 Å². The van der Waals surface area contributed by atoms with Crippen molar-refractivity contribution in [3.63, 3.8) is 0 Å². The summed E-state index contributed by atoms with van der Waals surface area (Å²) < 4.78 is 32.8. The van der Waals surface area contributed by atoms with Crippen molar-refractivity contribution >= 4 is 15.8 Å². The molecule has 0 amide bonds. The van der Waals surface area contributed by atoms with E-state index in [9.17, 15) is 13.2 Å². The van der Waals surface area contributed by atoms with Crippen molar-refractivity contribution in [2.45, 2.75) is 31.9 Å². The predicted molar refractivity (Wildman–Crippen MR) is 61.0 cm³/mol. The largest absolute Gasteiger partial charge is 0.469 e. The van der Waals surface area contributed by atoms with Gasteiger partial charge in [-0.1, -0.05) is 0 Å². The van der Waals surface area contributed by atoms with Crippen LogP contribution in [0.1, 0.15) is 26.7 Å². The summed E-state index contributed by atoms with van der Waals surface area (Å²) >= 11 is 0. The van der Waals surface area contributed by atoms with Crippen LogP contribution in [0.25, 0.3) is 0 Å². The first kappa shape index (κ1) is 15.4. The number of carbonyl (C=O) groups excluding carboxylic acids is 1. The molecule has 0 spiro atoms. The van der Waals surface area contributed by atoms with Gasteiger partial charge in [-0.15, -0.1) is 0 Å². The lowest BCUT2D eigenvalue weighted by atomic mass is 10.3. The van der Waals surface area contributed by atoms with E-state index in [0.717, 1.165) is 0 Å². The molecule has 0 aliphatic heterocycles. The van der Waals surface area contributed by atoms with Crippen LogP contribution in [0.5, 0.6) is 0 Å². The van der Waals surface area contributed by atoms with Crippen LogP contribution in [0.3, 0.4) is 0 Å². The Morgan fingerprint density at radius 3 is 2.50 bits per heavy atom. The highest BCUT2D eigenvalue weighted by Crippen LogP contribution is 2.09. The maximum absolute atomic E-state index is 11.7. The lowest BCUT2D eigenvalue weighted by Crippen LogP contribution is -2.25. The smallest absolute Gasteiger partial charge is 0.306 e. The van der Waals surface area contributed by atoms with Crippen LogP contribution in [0.4, 0.5) is 0 Å². The maximum atomic E-state index is 11.7. The SMILES string of the molecule is CCOCCCS(=O)(=O)C(C)CC(=O)OC. The fourth-order valence-corrected chi connectivity index (χ4v) is 2.47. The highest BCUT2D eigenvalue weighted by atomic mass is 32.2. The van der Waals surface area contributed by atoms with E-state index in [0.29, 0.717) is 19.6 Å². The van der Waals surface area contributed by atoms with Gasteiger partial charge in [0.15, 0.2) is 9.84 Å². The van der Waals surface area contributed by atoms with Crippen LogP contribution >= 0.6 is 0 Å². The minimum atomic E-state index is -3.23. The topological polar surface area (TPSA) is 69.7 Å². The molecule has 16 heavy (non-hydrogen) atoms. The van der Waals surface area contributed by atoms with Crippen molar-refractivity contribution in [2.75, 3.05) is 26.1 Å². The Labute approximate surface area is 97.0 Å². The first-order chi connectivity index (χ1) is 7.44. The molecule has 96 valence electrons. The first-order valence-electron chi connectivity index (χ1n) is 5.30. The molecule has 1 unspecified atom stereocenters. The molecule has 6 heteroatoms. The quantitative estimate of drug-likeness (QED) is 0.471. The normalized spacial score (nSPS) is 13.4. The standard InChI is InChI=1S/C10H20O5S/c1-4-15-6-5-7-16(12,13)9(2)8-10(11)14-3/h9H,4-8H2,1-3H3. The third kappa shape index (κ3) is 6.07. The summed E-state index contributed by atoms with van der Waals surface area (Å²) in [7, 11) is -1.98. The van der Waals surface area contributed by atoms with E-state index >= 15 is 0 Å². The second kappa shape index (κ2) is 7.62. The Kier molecular flexibility index (Phi) is 7.33. The van der Waals surface area contributed by atoms with E-state index in [2.05, 4.69) is 4.74 Å². The lowest BCUT2D eigenvalue weighted by molar-refractivity contribution is -0.140. The van der Waals surface area contributed by atoms with Gasteiger partial charge in [0, 0.05) is 13.2 Å². The number of hydrogen-bond donors (Lipinski definition) is 0. The summed E-state index contributed by atoms with van der Waals surface area (Å²) in [6, 6.07) is 0. The molecule has 5 nitrogen and oxygen atoms in total. The van der Waals surface area contributed by atoms with E-state index in [-0.39, 0.29) is 12.2 Å². The van der Waals surface area contributed by atoms with Gasteiger partial charge >= 0.3 is 5.97 Å². The fourth-order valence-electron chi connectivity index (χ4n) is 1.15. The number of sulfone groups is 1. The summed E-state index contributed by atoms with van der Waals surface area (Å²) in [6.45, 7) is 4.39. The second-order valence-corrected chi connectivity index (χ2v) is 6.05. The molecule has 0 radical (unpaired) electrons. The van der Waals surface area contributed by atoms with Gasteiger partial charge in [-0.25, -0.2) is 8.42 Å². The number of carbonyl (C=O) groups is 1. The van der Waals surface area contributed by atoms with Crippen molar-refractivity contribution in [2.24, 2.45) is 0 Å². The second-order valence-electron chi connectivity index (χ2n) is 3.51. The number of esters is 1. The minimum Gasteiger partial charge on any atom is -0.469 e. The van der Waals surface area contributed by atoms with E-state index < -0.39 is 21.1 Å². The number of rotatable bonds is 8. The van der Waals surface area contributed by atoms with Crippen molar-refractivity contribution < 1.29 is 22.7 Å². The van der Waals surface area contributed by atoms with Gasteiger partial charge in [-0.3, -0.25) is 4.79 Å². The zero-order valence-electron chi connectivity index (χ0n) is 10.1. The predicted octanol–water partition coefficient (Wildman–Crippen LogP) is 0.779. The van der Waals surface area contributed by atoms with Gasteiger partial charge in [-0.05, 0) is 20.3 Å². The molecule has 0 bridgehead atoms. The molecule has 0 fully saturated rings. The van der Waals surface area contributed by atoms with E-state index in [4.69, 9.17) is 4.74 Å². The average molecular weight is 252 g/mol. The maximum Gasteiger partial charge on any atom is 0.306 e. The average Bonchev–Trinajstić information content (AvgIpc) is 2.24. The van der Waals surface area contributed by atoms with Gasteiger partial charge in [0.05, 0.1) is 24.5 Å². The molecule has 0 heterocycles. The molecule has 0 rings (SSSR count). The summed E-state index contributed by atoms with van der Waals surface area (Å²) in [5, 5.41) is -0.693. The van der Waals surface area contributed by atoms with Gasteiger partial charge in [0.25, 0.3) is 0 Å². The van der Waals surface area contributed by atoms with E-state index in [1.165, 1.54) is 14.0 Å². The third-order valence-corrected chi connectivity index (χ3v) is 4.47. The Bertz CT molecular complexity index is 296. The number of ether oxygens (including phenoxy) is 2. The van der Waals surface area contributed by atoms with Crippen LogP contribution in [0, 0.1) is 0 Å². The van der Waals surface area contributed by atoms with Crippen molar-refractivity contribution in [3.8, 4) is 0 Å². The molecule has 0 aliphatic carbocycles. The van der Waals surface area contributed by atoms with E-state index in [1.807, 2.05) is 6.92 Å². The molecular formula is C10H20O5S. The molecule has 1 atom stereocenters. The molecule has 0 saturated carbocycles. The van der Waals surface area contributed by atoms with Crippen LogP contribution in [0.2, 0.25) is 0 Å². The molecule has 0 N–H and O–H groups in total. The minimum absolute atomic E-state index is 0.0468. The summed E-state index contributed by atoms with van der Waals surface area (Å²) in [5.41, 5.74) is 0. The Hall–Kier alpha value is -0.620. The highest BCUT2D eigenvalue weighted by Gasteiger charge is 2.23. The van der Waals surface area contributed by atoms with E-state index in [1.54, 1.807) is 0 Å². The monoisotopic (exact) mass is 252 g/mol. The molecule has 0 aromatic rings. The van der Waals surface area contributed by atoms with Gasteiger partial charge < -0.3 is 9.47 Å². The van der Waals surface area contributed by atoms with Crippen molar-refractivity contribution in [1.82, 2.24) is 0 Å². The molecular weight excluding hydrogens is 232 g/mol. The van der Waals surface area contributed by atoms with Crippen LogP contribution in [-0.4, -0.2) is 45.7 Å². The molecule has 0 aliphatic rings. The first-order valence-corrected chi connectivity index (χ1v) is 7.01. The fraction of sp³-hybridized carbons (Fsp3) is 0.900. The zero-order chi connectivity index (χ0) is 12.6. The Balaban J connectivity index is 4.06. The summed E-state index contributed by atoms with van der Waals surface area (Å²) in [4.78, 5) is 10.9.